The van der Waals surface area contributed by atoms with Gasteiger partial charge in [-0.15, -0.1) is 0 Å². The van der Waals surface area contributed by atoms with Crippen LogP contribution in [0.3, 0.4) is 0 Å². The van der Waals surface area contributed by atoms with E-state index < -0.39 is 5.60 Å². The summed E-state index contributed by atoms with van der Waals surface area (Å²) < 4.78 is 5.85. The molecule has 0 bridgehead atoms. The predicted molar refractivity (Wildman–Crippen MR) is 78.6 cm³/mol. The largest absolute Gasteiger partial charge is 0.497 e. The van der Waals surface area contributed by atoms with Crippen molar-refractivity contribution in [3.63, 3.8) is 0 Å². The Kier molecular flexibility index (Phi) is 5.38. The summed E-state index contributed by atoms with van der Waals surface area (Å²) in [6.07, 6.45) is 0. The minimum atomic E-state index is -0.920. The number of nitrogens with zero attached hydrogens (tertiary/aromatic N) is 1. The van der Waals surface area contributed by atoms with Gasteiger partial charge in [0, 0.05) is 17.6 Å². The van der Waals surface area contributed by atoms with E-state index in [1.165, 1.54) is 0 Å². The molecule has 5 heteroatoms. The summed E-state index contributed by atoms with van der Waals surface area (Å²) >= 11 is 3.37. The zero-order valence-corrected chi connectivity index (χ0v) is 13.3. The van der Waals surface area contributed by atoms with Crippen molar-refractivity contribution in [1.82, 2.24) is 4.90 Å². The molecule has 0 saturated carbocycles. The predicted octanol–water partition coefficient (Wildman–Crippen LogP) is 2.69. The van der Waals surface area contributed by atoms with Gasteiger partial charge >= 0.3 is 0 Å². The standard InChI is InChI=1S/C14H20BrNO3/c1-5-16(9-14(2,3)18)13(17)11-8-10(19-4)6-7-12(11)15/h6-8,18H,5,9H2,1-4H3. The third-order valence-electron chi connectivity index (χ3n) is 2.65. The molecule has 1 rings (SSSR count). The average molecular weight is 330 g/mol. The molecule has 0 aromatic heterocycles. The highest BCUT2D eigenvalue weighted by Crippen LogP contribution is 2.24. The molecule has 19 heavy (non-hydrogen) atoms. The molecule has 1 aromatic carbocycles. The molecule has 1 aromatic rings. The van der Waals surface area contributed by atoms with Crippen molar-refractivity contribution in [2.24, 2.45) is 0 Å². The van der Waals surface area contributed by atoms with Gasteiger partial charge in [0.15, 0.2) is 0 Å². The van der Waals surface area contributed by atoms with E-state index in [1.54, 1.807) is 44.1 Å². The number of aliphatic hydroxyl groups is 1. The molecule has 0 aliphatic rings. The minimum Gasteiger partial charge on any atom is -0.497 e. The zero-order chi connectivity index (χ0) is 14.6. The van der Waals surface area contributed by atoms with Gasteiger partial charge in [0.05, 0.1) is 18.3 Å². The fourth-order valence-electron chi connectivity index (χ4n) is 1.76. The number of carbonyl (C=O) groups is 1. The lowest BCUT2D eigenvalue weighted by Crippen LogP contribution is -2.42. The Bertz CT molecular complexity index is 454. The van der Waals surface area contributed by atoms with Crippen molar-refractivity contribution in [2.45, 2.75) is 26.4 Å². The number of halogens is 1. The maximum absolute atomic E-state index is 12.5. The van der Waals surface area contributed by atoms with Crippen LogP contribution in [0.2, 0.25) is 0 Å². The number of hydrogen-bond donors (Lipinski definition) is 1. The Morgan fingerprint density at radius 3 is 2.58 bits per heavy atom. The van der Waals surface area contributed by atoms with Crippen LogP contribution in [0.1, 0.15) is 31.1 Å². The average Bonchev–Trinajstić information content (AvgIpc) is 2.34. The van der Waals surface area contributed by atoms with E-state index in [9.17, 15) is 9.90 Å². The SMILES string of the molecule is CCN(CC(C)(C)O)C(=O)c1cc(OC)ccc1Br. The second-order valence-electron chi connectivity index (χ2n) is 4.98. The van der Waals surface area contributed by atoms with E-state index in [-0.39, 0.29) is 12.5 Å². The van der Waals surface area contributed by atoms with Crippen LogP contribution in [0.25, 0.3) is 0 Å². The quantitative estimate of drug-likeness (QED) is 0.903. The van der Waals surface area contributed by atoms with Crippen LogP contribution < -0.4 is 4.74 Å². The van der Waals surface area contributed by atoms with Crippen LogP contribution >= 0.6 is 15.9 Å². The maximum atomic E-state index is 12.5. The number of hydrogen-bond acceptors (Lipinski definition) is 3. The fourth-order valence-corrected chi connectivity index (χ4v) is 2.18. The van der Waals surface area contributed by atoms with E-state index in [1.807, 2.05) is 6.92 Å². The van der Waals surface area contributed by atoms with E-state index >= 15 is 0 Å². The number of rotatable bonds is 5. The van der Waals surface area contributed by atoms with Crippen molar-refractivity contribution < 1.29 is 14.6 Å². The number of amides is 1. The highest BCUT2D eigenvalue weighted by atomic mass is 79.9. The van der Waals surface area contributed by atoms with Gasteiger partial charge in [-0.1, -0.05) is 0 Å². The molecule has 0 spiro atoms. The smallest absolute Gasteiger partial charge is 0.255 e. The Balaban J connectivity index is 3.03. The van der Waals surface area contributed by atoms with E-state index in [2.05, 4.69) is 15.9 Å². The van der Waals surface area contributed by atoms with Gasteiger partial charge in [0.2, 0.25) is 0 Å². The summed E-state index contributed by atoms with van der Waals surface area (Å²) in [5.41, 5.74) is -0.387. The molecule has 106 valence electrons. The monoisotopic (exact) mass is 329 g/mol. The van der Waals surface area contributed by atoms with Crippen molar-refractivity contribution in [1.29, 1.82) is 0 Å². The molecule has 0 unspecified atom stereocenters. The van der Waals surface area contributed by atoms with Crippen LogP contribution in [0.15, 0.2) is 22.7 Å². The van der Waals surface area contributed by atoms with Crippen LogP contribution in [0.5, 0.6) is 5.75 Å². The Morgan fingerprint density at radius 1 is 1.47 bits per heavy atom. The van der Waals surface area contributed by atoms with Crippen LogP contribution in [0, 0.1) is 0 Å². The van der Waals surface area contributed by atoms with Gasteiger partial charge in [-0.25, -0.2) is 0 Å². The third kappa shape index (κ3) is 4.51. The molecule has 0 fully saturated rings. The molecular formula is C14H20BrNO3. The second kappa shape index (κ2) is 6.39. The first-order valence-electron chi connectivity index (χ1n) is 6.13. The lowest BCUT2D eigenvalue weighted by Gasteiger charge is -2.28. The summed E-state index contributed by atoms with van der Waals surface area (Å²) in [5.74, 6) is 0.501. The van der Waals surface area contributed by atoms with Gasteiger partial charge in [-0.3, -0.25) is 4.79 Å². The van der Waals surface area contributed by atoms with E-state index in [0.717, 1.165) is 0 Å². The number of benzene rings is 1. The summed E-state index contributed by atoms with van der Waals surface area (Å²) in [6.45, 7) is 6.07. The highest BCUT2D eigenvalue weighted by molar-refractivity contribution is 9.10. The maximum Gasteiger partial charge on any atom is 0.255 e. The fraction of sp³-hybridized carbons (Fsp3) is 0.500. The Morgan fingerprint density at radius 2 is 2.11 bits per heavy atom. The summed E-state index contributed by atoms with van der Waals surface area (Å²) in [5, 5.41) is 9.85. The first kappa shape index (κ1) is 16.0. The Hall–Kier alpha value is -1.07. The molecule has 0 aliphatic carbocycles. The number of carbonyl (C=O) groups excluding carboxylic acids is 1. The van der Waals surface area contributed by atoms with Gasteiger partial charge in [-0.05, 0) is 54.9 Å². The van der Waals surface area contributed by atoms with E-state index in [4.69, 9.17) is 4.74 Å². The molecule has 0 atom stereocenters. The van der Waals surface area contributed by atoms with Crippen molar-refractivity contribution >= 4 is 21.8 Å². The summed E-state index contributed by atoms with van der Waals surface area (Å²) in [7, 11) is 1.56. The third-order valence-corrected chi connectivity index (χ3v) is 3.34. The second-order valence-corrected chi connectivity index (χ2v) is 5.83. The molecule has 1 N–H and O–H groups in total. The first-order chi connectivity index (χ1) is 8.78. The molecule has 0 saturated heterocycles. The first-order valence-corrected chi connectivity index (χ1v) is 6.93. The lowest BCUT2D eigenvalue weighted by atomic mass is 10.1. The van der Waals surface area contributed by atoms with Crippen LogP contribution in [0.4, 0.5) is 0 Å². The number of likely N-dealkylation sites (N-methyl/N-ethyl adjacent to an activating group) is 1. The molecular weight excluding hydrogens is 310 g/mol. The highest BCUT2D eigenvalue weighted by Gasteiger charge is 2.23. The molecule has 0 heterocycles. The number of methoxy groups -OCH3 is 1. The molecule has 1 amide bonds. The molecule has 4 nitrogen and oxygen atoms in total. The summed E-state index contributed by atoms with van der Waals surface area (Å²) in [4.78, 5) is 14.1. The van der Waals surface area contributed by atoms with Crippen molar-refractivity contribution in [3.05, 3.63) is 28.2 Å². The van der Waals surface area contributed by atoms with Gasteiger partial charge in [-0.2, -0.15) is 0 Å². The normalized spacial score (nSPS) is 11.3. The summed E-state index contributed by atoms with van der Waals surface area (Å²) in [6, 6.07) is 5.26. The molecule has 0 aliphatic heterocycles. The topological polar surface area (TPSA) is 49.8 Å². The van der Waals surface area contributed by atoms with Gasteiger partial charge < -0.3 is 14.7 Å². The zero-order valence-electron chi connectivity index (χ0n) is 11.7. The van der Waals surface area contributed by atoms with Gasteiger partial charge in [0.1, 0.15) is 5.75 Å². The Labute approximate surface area is 122 Å². The van der Waals surface area contributed by atoms with Crippen molar-refractivity contribution in [2.75, 3.05) is 20.2 Å². The molecule has 0 radical (unpaired) electrons. The minimum absolute atomic E-state index is 0.129. The van der Waals surface area contributed by atoms with Crippen molar-refractivity contribution in [3.8, 4) is 5.75 Å². The number of ether oxygens (including phenoxy) is 1. The van der Waals surface area contributed by atoms with Crippen LogP contribution in [-0.4, -0.2) is 41.7 Å². The van der Waals surface area contributed by atoms with Crippen LogP contribution in [-0.2, 0) is 0 Å². The lowest BCUT2D eigenvalue weighted by molar-refractivity contribution is 0.0314. The van der Waals surface area contributed by atoms with Gasteiger partial charge in [0.25, 0.3) is 5.91 Å². The van der Waals surface area contributed by atoms with E-state index in [0.29, 0.717) is 22.3 Å².